The second-order valence-corrected chi connectivity index (χ2v) is 5.20. The van der Waals surface area contributed by atoms with E-state index < -0.39 is 0 Å². The Hall–Kier alpha value is -1.61. The number of benzene rings is 1. The van der Waals surface area contributed by atoms with Crippen LogP contribution >= 0.6 is 0 Å². The van der Waals surface area contributed by atoms with Gasteiger partial charge in [-0.25, -0.2) is 0 Å². The van der Waals surface area contributed by atoms with Crippen LogP contribution in [0.3, 0.4) is 0 Å². The molecule has 1 saturated carbocycles. The summed E-state index contributed by atoms with van der Waals surface area (Å²) in [7, 11) is 0. The normalized spacial score (nSPS) is 19.9. The molecule has 3 nitrogen and oxygen atoms in total. The zero-order valence-electron chi connectivity index (χ0n) is 11.0. The highest BCUT2D eigenvalue weighted by Crippen LogP contribution is 2.30. The molecule has 3 heteroatoms. The van der Waals surface area contributed by atoms with Crippen LogP contribution in [0.4, 0.5) is 5.69 Å². The number of morpholine rings is 1. The van der Waals surface area contributed by atoms with E-state index in [9.17, 15) is 4.79 Å². The van der Waals surface area contributed by atoms with Crippen molar-refractivity contribution in [3.05, 3.63) is 35.9 Å². The number of nitrogens with zero attached hydrogens (tertiary/aromatic N) is 1. The molecule has 0 radical (unpaired) electrons. The Kier molecular flexibility index (Phi) is 3.65. The highest BCUT2D eigenvalue weighted by Gasteiger charge is 2.27. The predicted octanol–water partition coefficient (Wildman–Crippen LogP) is 2.52. The van der Waals surface area contributed by atoms with Crippen LogP contribution in [0.15, 0.2) is 30.3 Å². The molecule has 0 unspecified atom stereocenters. The van der Waals surface area contributed by atoms with Crippen LogP contribution in [-0.2, 0) is 9.53 Å². The van der Waals surface area contributed by atoms with Crippen LogP contribution in [0.2, 0.25) is 0 Å². The second-order valence-electron chi connectivity index (χ2n) is 5.20. The number of ether oxygens (including phenoxy) is 1. The molecular formula is C16H19NO2. The van der Waals surface area contributed by atoms with Gasteiger partial charge in [-0.3, -0.25) is 4.79 Å². The lowest BCUT2D eigenvalue weighted by molar-refractivity contribution is -0.115. The minimum atomic E-state index is 0.275. The third-order valence-electron chi connectivity index (χ3n) is 3.69. The zero-order valence-corrected chi connectivity index (χ0v) is 11.0. The Morgan fingerprint density at radius 1 is 1.16 bits per heavy atom. The summed E-state index contributed by atoms with van der Waals surface area (Å²) in [6.45, 7) is 3.51. The van der Waals surface area contributed by atoms with Gasteiger partial charge in [0.2, 0.25) is 0 Å². The van der Waals surface area contributed by atoms with Crippen molar-refractivity contribution in [3.8, 4) is 0 Å². The summed E-state index contributed by atoms with van der Waals surface area (Å²) in [5.74, 6) is 0.584. The molecule has 2 aliphatic rings. The highest BCUT2D eigenvalue weighted by molar-refractivity contribution is 5.96. The summed E-state index contributed by atoms with van der Waals surface area (Å²) >= 11 is 0. The Morgan fingerprint density at radius 3 is 2.47 bits per heavy atom. The van der Waals surface area contributed by atoms with Crippen molar-refractivity contribution in [2.24, 2.45) is 5.92 Å². The molecule has 0 atom stereocenters. The average molecular weight is 257 g/mol. The molecular weight excluding hydrogens is 238 g/mol. The molecule has 1 aromatic rings. The van der Waals surface area contributed by atoms with Crippen molar-refractivity contribution in [2.75, 3.05) is 31.2 Å². The summed E-state index contributed by atoms with van der Waals surface area (Å²) in [6.07, 6.45) is 5.78. The van der Waals surface area contributed by atoms with Gasteiger partial charge in [-0.1, -0.05) is 18.2 Å². The molecule has 1 aliphatic carbocycles. The first kappa shape index (κ1) is 12.4. The Bertz CT molecular complexity index is 468. The average Bonchev–Trinajstić information content (AvgIpc) is 3.31. The van der Waals surface area contributed by atoms with Crippen LogP contribution in [-0.4, -0.2) is 32.1 Å². The molecule has 100 valence electrons. The number of allylic oxidation sites excluding steroid dienone is 1. The van der Waals surface area contributed by atoms with Gasteiger partial charge in [0.15, 0.2) is 5.78 Å². The van der Waals surface area contributed by atoms with E-state index in [1.807, 2.05) is 6.08 Å². The summed E-state index contributed by atoms with van der Waals surface area (Å²) in [6, 6.07) is 8.38. The van der Waals surface area contributed by atoms with Gasteiger partial charge >= 0.3 is 0 Å². The number of hydrogen-bond acceptors (Lipinski definition) is 3. The third kappa shape index (κ3) is 3.24. The number of carbonyl (C=O) groups excluding carboxylic acids is 1. The fourth-order valence-corrected chi connectivity index (χ4v) is 2.30. The highest BCUT2D eigenvalue weighted by atomic mass is 16.5. The van der Waals surface area contributed by atoms with Crippen molar-refractivity contribution >= 4 is 17.5 Å². The first-order chi connectivity index (χ1) is 9.33. The molecule has 1 aliphatic heterocycles. The second kappa shape index (κ2) is 5.57. The van der Waals surface area contributed by atoms with E-state index in [2.05, 4.69) is 29.2 Å². The van der Waals surface area contributed by atoms with E-state index in [0.29, 0.717) is 5.92 Å². The lowest BCUT2D eigenvalue weighted by Gasteiger charge is -2.28. The summed E-state index contributed by atoms with van der Waals surface area (Å²) in [5.41, 5.74) is 2.32. The van der Waals surface area contributed by atoms with Crippen LogP contribution < -0.4 is 4.90 Å². The van der Waals surface area contributed by atoms with Crippen molar-refractivity contribution in [1.82, 2.24) is 0 Å². The van der Waals surface area contributed by atoms with Crippen molar-refractivity contribution < 1.29 is 9.53 Å². The predicted molar refractivity (Wildman–Crippen MR) is 76.2 cm³/mol. The molecule has 1 saturated heterocycles. The van der Waals surface area contributed by atoms with Crippen molar-refractivity contribution in [1.29, 1.82) is 0 Å². The van der Waals surface area contributed by atoms with Crippen LogP contribution in [0, 0.1) is 5.92 Å². The number of hydrogen-bond donors (Lipinski definition) is 0. The lowest BCUT2D eigenvalue weighted by atomic mass is 10.1. The third-order valence-corrected chi connectivity index (χ3v) is 3.69. The van der Waals surface area contributed by atoms with Gasteiger partial charge in [0.1, 0.15) is 0 Å². The van der Waals surface area contributed by atoms with Gasteiger partial charge in [-0.05, 0) is 36.6 Å². The minimum Gasteiger partial charge on any atom is -0.378 e. The first-order valence-electron chi connectivity index (χ1n) is 6.97. The molecule has 0 spiro atoms. The van der Waals surface area contributed by atoms with Gasteiger partial charge < -0.3 is 9.64 Å². The van der Waals surface area contributed by atoms with E-state index in [4.69, 9.17) is 4.74 Å². The molecule has 1 aromatic carbocycles. The van der Waals surface area contributed by atoms with Crippen LogP contribution in [0.25, 0.3) is 6.08 Å². The van der Waals surface area contributed by atoms with Crippen molar-refractivity contribution in [3.63, 3.8) is 0 Å². The minimum absolute atomic E-state index is 0.275. The fourth-order valence-electron chi connectivity index (χ4n) is 2.30. The number of carbonyl (C=O) groups is 1. The van der Waals surface area contributed by atoms with E-state index in [1.54, 1.807) is 6.08 Å². The SMILES string of the molecule is O=C(/C=C/c1ccc(N2CCOCC2)cc1)C1CC1. The first-order valence-corrected chi connectivity index (χ1v) is 6.97. The molecule has 0 amide bonds. The molecule has 0 bridgehead atoms. The topological polar surface area (TPSA) is 29.5 Å². The summed E-state index contributed by atoms with van der Waals surface area (Å²) in [4.78, 5) is 13.9. The molecule has 2 fully saturated rings. The van der Waals surface area contributed by atoms with Gasteiger partial charge in [0.25, 0.3) is 0 Å². The number of ketones is 1. The standard InChI is InChI=1S/C16H19NO2/c18-16(14-4-5-14)8-3-13-1-6-15(7-2-13)17-9-11-19-12-10-17/h1-3,6-8,14H,4-5,9-12H2/b8-3+. The monoisotopic (exact) mass is 257 g/mol. The maximum atomic E-state index is 11.6. The van der Waals surface area contributed by atoms with E-state index in [1.165, 1.54) is 5.69 Å². The molecule has 3 rings (SSSR count). The lowest BCUT2D eigenvalue weighted by Crippen LogP contribution is -2.36. The molecule has 1 heterocycles. The van der Waals surface area contributed by atoms with Gasteiger partial charge in [0, 0.05) is 24.7 Å². The van der Waals surface area contributed by atoms with E-state index in [-0.39, 0.29) is 5.78 Å². The summed E-state index contributed by atoms with van der Waals surface area (Å²) < 4.78 is 5.35. The van der Waals surface area contributed by atoms with Gasteiger partial charge in [-0.2, -0.15) is 0 Å². The Balaban J connectivity index is 1.62. The molecule has 0 aromatic heterocycles. The quantitative estimate of drug-likeness (QED) is 0.776. The molecule has 0 N–H and O–H groups in total. The zero-order chi connectivity index (χ0) is 13.1. The van der Waals surface area contributed by atoms with Crippen LogP contribution in [0.1, 0.15) is 18.4 Å². The maximum absolute atomic E-state index is 11.6. The Morgan fingerprint density at radius 2 is 1.84 bits per heavy atom. The van der Waals surface area contributed by atoms with Gasteiger partial charge in [0.05, 0.1) is 13.2 Å². The smallest absolute Gasteiger partial charge is 0.158 e. The maximum Gasteiger partial charge on any atom is 0.158 e. The van der Waals surface area contributed by atoms with Crippen LogP contribution in [0.5, 0.6) is 0 Å². The van der Waals surface area contributed by atoms with Crippen molar-refractivity contribution in [2.45, 2.75) is 12.8 Å². The largest absolute Gasteiger partial charge is 0.378 e. The molecule has 19 heavy (non-hydrogen) atoms. The van der Waals surface area contributed by atoms with E-state index >= 15 is 0 Å². The summed E-state index contributed by atoms with van der Waals surface area (Å²) in [5, 5.41) is 0. The number of rotatable bonds is 4. The number of anilines is 1. The van der Waals surface area contributed by atoms with E-state index in [0.717, 1.165) is 44.7 Å². The fraction of sp³-hybridized carbons (Fsp3) is 0.438. The van der Waals surface area contributed by atoms with Gasteiger partial charge in [-0.15, -0.1) is 0 Å². The Labute approximate surface area is 113 Å².